The Hall–Kier alpha value is -2.74. The van der Waals surface area contributed by atoms with E-state index in [4.69, 9.17) is 11.6 Å². The molecule has 5 nitrogen and oxygen atoms in total. The lowest BCUT2D eigenvalue weighted by Crippen LogP contribution is -2.41. The Morgan fingerprint density at radius 3 is 2.34 bits per heavy atom. The topological polar surface area (TPSA) is 66.5 Å². The molecule has 32 heavy (non-hydrogen) atoms. The zero-order valence-corrected chi connectivity index (χ0v) is 19.2. The van der Waals surface area contributed by atoms with Crippen LogP contribution in [0.3, 0.4) is 0 Å². The van der Waals surface area contributed by atoms with Crippen molar-refractivity contribution in [3.8, 4) is 0 Å². The van der Waals surface area contributed by atoms with Crippen molar-refractivity contribution in [2.75, 3.05) is 13.1 Å². The highest BCUT2D eigenvalue weighted by atomic mass is 35.5. The Morgan fingerprint density at radius 1 is 1.00 bits per heavy atom. The second-order valence-electron chi connectivity index (χ2n) is 7.37. The van der Waals surface area contributed by atoms with E-state index in [1.54, 1.807) is 12.1 Å². The van der Waals surface area contributed by atoms with Gasteiger partial charge in [0.1, 0.15) is 5.82 Å². The van der Waals surface area contributed by atoms with Gasteiger partial charge >= 0.3 is 0 Å². The summed E-state index contributed by atoms with van der Waals surface area (Å²) in [6.07, 6.45) is 0.608. The predicted octanol–water partition coefficient (Wildman–Crippen LogP) is 4.34. The van der Waals surface area contributed by atoms with E-state index in [0.29, 0.717) is 13.0 Å². The van der Waals surface area contributed by atoms with Gasteiger partial charge in [-0.1, -0.05) is 65.7 Å². The number of hydrogen-bond donors (Lipinski definition) is 1. The van der Waals surface area contributed by atoms with Gasteiger partial charge in [-0.3, -0.25) is 4.79 Å². The molecule has 0 unspecified atom stereocenters. The number of rotatable bonds is 9. The van der Waals surface area contributed by atoms with Crippen molar-refractivity contribution in [1.29, 1.82) is 0 Å². The number of carbonyl (C=O) groups excluding carboxylic acids is 1. The first-order valence-electron chi connectivity index (χ1n) is 10.1. The van der Waals surface area contributed by atoms with E-state index in [1.807, 2.05) is 37.3 Å². The van der Waals surface area contributed by atoms with Gasteiger partial charge < -0.3 is 5.32 Å². The van der Waals surface area contributed by atoms with Crippen LogP contribution in [0.15, 0.2) is 77.7 Å². The highest BCUT2D eigenvalue weighted by Crippen LogP contribution is 2.24. The number of hydrogen-bond acceptors (Lipinski definition) is 3. The second-order valence-corrected chi connectivity index (χ2v) is 9.72. The highest BCUT2D eigenvalue weighted by molar-refractivity contribution is 7.89. The zero-order valence-electron chi connectivity index (χ0n) is 17.6. The Kier molecular flexibility index (Phi) is 8.01. The van der Waals surface area contributed by atoms with Crippen LogP contribution in [0.4, 0.5) is 4.39 Å². The number of halogens is 2. The normalized spacial score (nSPS) is 11.5. The third-order valence-corrected chi connectivity index (χ3v) is 7.11. The fourth-order valence-corrected chi connectivity index (χ4v) is 4.74. The molecule has 0 radical (unpaired) electrons. The Morgan fingerprint density at radius 2 is 1.69 bits per heavy atom. The minimum Gasteiger partial charge on any atom is -0.355 e. The first-order chi connectivity index (χ1) is 15.3. The van der Waals surface area contributed by atoms with E-state index in [2.05, 4.69) is 5.32 Å². The Labute approximate surface area is 192 Å². The molecule has 0 bridgehead atoms. The molecule has 168 valence electrons. The van der Waals surface area contributed by atoms with E-state index in [0.717, 1.165) is 15.4 Å². The SMILES string of the molecule is Cc1ccc(S(=O)(=O)N(CC(=O)NCCc2ccccc2)Cc2c(F)cccc2Cl)cc1. The molecule has 0 heterocycles. The molecule has 3 rings (SSSR count). The van der Waals surface area contributed by atoms with Gasteiger partial charge in [0, 0.05) is 23.7 Å². The smallest absolute Gasteiger partial charge is 0.243 e. The fourth-order valence-electron chi connectivity index (χ4n) is 3.15. The summed E-state index contributed by atoms with van der Waals surface area (Å²) in [6, 6.07) is 20.0. The molecule has 0 saturated heterocycles. The van der Waals surface area contributed by atoms with Crippen LogP contribution in [0.5, 0.6) is 0 Å². The van der Waals surface area contributed by atoms with Gasteiger partial charge in [-0.15, -0.1) is 0 Å². The van der Waals surface area contributed by atoms with Gasteiger partial charge in [0.2, 0.25) is 15.9 Å². The molecule has 1 amide bonds. The Balaban J connectivity index is 1.80. The van der Waals surface area contributed by atoms with Gasteiger partial charge in [0.05, 0.1) is 11.4 Å². The summed E-state index contributed by atoms with van der Waals surface area (Å²) >= 11 is 6.12. The summed E-state index contributed by atoms with van der Waals surface area (Å²) < 4.78 is 41.9. The average Bonchev–Trinajstić information content (AvgIpc) is 2.76. The second kappa shape index (κ2) is 10.7. The van der Waals surface area contributed by atoms with Crippen molar-refractivity contribution in [2.24, 2.45) is 0 Å². The van der Waals surface area contributed by atoms with Gasteiger partial charge in [-0.25, -0.2) is 12.8 Å². The first-order valence-corrected chi connectivity index (χ1v) is 11.9. The van der Waals surface area contributed by atoms with Crippen LogP contribution < -0.4 is 5.32 Å². The molecule has 0 aliphatic carbocycles. The summed E-state index contributed by atoms with van der Waals surface area (Å²) in [4.78, 5) is 12.6. The molecule has 1 N–H and O–H groups in total. The van der Waals surface area contributed by atoms with E-state index >= 15 is 0 Å². The van der Waals surface area contributed by atoms with E-state index in [9.17, 15) is 17.6 Å². The highest BCUT2D eigenvalue weighted by Gasteiger charge is 2.28. The summed E-state index contributed by atoms with van der Waals surface area (Å²) in [6.45, 7) is 1.36. The maximum absolute atomic E-state index is 14.4. The lowest BCUT2D eigenvalue weighted by molar-refractivity contribution is -0.121. The van der Waals surface area contributed by atoms with E-state index in [1.165, 1.54) is 30.3 Å². The molecule has 3 aromatic rings. The molecular weight excluding hydrogens is 451 g/mol. The van der Waals surface area contributed by atoms with E-state index < -0.39 is 28.3 Å². The van der Waals surface area contributed by atoms with Gasteiger partial charge in [-0.05, 0) is 43.2 Å². The molecular formula is C24H24ClFN2O3S. The first kappa shape index (κ1) is 23.9. The fraction of sp³-hybridized carbons (Fsp3) is 0.208. The lowest BCUT2D eigenvalue weighted by atomic mass is 10.1. The number of nitrogens with one attached hydrogen (secondary N) is 1. The molecule has 0 aliphatic rings. The number of carbonyl (C=O) groups is 1. The van der Waals surface area contributed by atoms with Crippen molar-refractivity contribution in [1.82, 2.24) is 9.62 Å². The maximum atomic E-state index is 14.4. The number of sulfonamides is 1. The molecule has 0 fully saturated rings. The van der Waals surface area contributed by atoms with Crippen LogP contribution in [-0.2, 0) is 27.8 Å². The summed E-state index contributed by atoms with van der Waals surface area (Å²) in [5.74, 6) is -1.12. The number of benzene rings is 3. The standard InChI is InChI=1S/C24H24ClFN2O3S/c1-18-10-12-20(13-11-18)32(30,31)28(16-21-22(25)8-5-9-23(21)26)17-24(29)27-15-14-19-6-3-2-4-7-19/h2-13H,14-17H2,1H3,(H,27,29). The molecule has 0 aromatic heterocycles. The van der Waals surface area contributed by atoms with Crippen molar-refractivity contribution >= 4 is 27.5 Å². The monoisotopic (exact) mass is 474 g/mol. The predicted molar refractivity (Wildman–Crippen MR) is 123 cm³/mol. The van der Waals surface area contributed by atoms with Crippen LogP contribution >= 0.6 is 11.6 Å². The molecule has 3 aromatic carbocycles. The average molecular weight is 475 g/mol. The van der Waals surface area contributed by atoms with Crippen LogP contribution in [0.2, 0.25) is 5.02 Å². The summed E-state index contributed by atoms with van der Waals surface area (Å²) in [7, 11) is -4.07. The van der Waals surface area contributed by atoms with Gasteiger partial charge in [-0.2, -0.15) is 4.31 Å². The minimum atomic E-state index is -4.07. The summed E-state index contributed by atoms with van der Waals surface area (Å²) in [5, 5.41) is 2.83. The number of amides is 1. The van der Waals surface area contributed by atoms with Crippen molar-refractivity contribution in [3.63, 3.8) is 0 Å². The number of nitrogens with zero attached hydrogens (tertiary/aromatic N) is 1. The largest absolute Gasteiger partial charge is 0.355 e. The quantitative estimate of drug-likeness (QED) is 0.501. The van der Waals surface area contributed by atoms with E-state index in [-0.39, 0.29) is 22.0 Å². The number of aryl methyl sites for hydroxylation is 1. The van der Waals surface area contributed by atoms with Crippen LogP contribution in [0.25, 0.3) is 0 Å². The lowest BCUT2D eigenvalue weighted by Gasteiger charge is -2.23. The molecule has 0 atom stereocenters. The molecule has 8 heteroatoms. The molecule has 0 aliphatic heterocycles. The third-order valence-electron chi connectivity index (χ3n) is 4.95. The minimum absolute atomic E-state index is 0.0157. The van der Waals surface area contributed by atoms with Crippen molar-refractivity contribution < 1.29 is 17.6 Å². The van der Waals surface area contributed by atoms with Crippen molar-refractivity contribution in [2.45, 2.75) is 24.8 Å². The zero-order chi connectivity index (χ0) is 23.1. The van der Waals surface area contributed by atoms with Crippen LogP contribution in [0, 0.1) is 12.7 Å². The van der Waals surface area contributed by atoms with Crippen LogP contribution in [-0.4, -0.2) is 31.7 Å². The van der Waals surface area contributed by atoms with Crippen LogP contribution in [0.1, 0.15) is 16.7 Å². The van der Waals surface area contributed by atoms with Gasteiger partial charge in [0.25, 0.3) is 0 Å². The summed E-state index contributed by atoms with van der Waals surface area (Å²) in [5.41, 5.74) is 1.96. The molecule has 0 saturated carbocycles. The Bertz CT molecular complexity index is 1150. The van der Waals surface area contributed by atoms with Gasteiger partial charge in [0.15, 0.2) is 0 Å². The maximum Gasteiger partial charge on any atom is 0.243 e. The van der Waals surface area contributed by atoms with Crippen molar-refractivity contribution in [3.05, 3.63) is 100 Å². The third kappa shape index (κ3) is 6.16. The molecule has 0 spiro atoms.